The smallest absolute Gasteiger partial charge is 0.298 e. The topological polar surface area (TPSA) is 55.3 Å². The van der Waals surface area contributed by atoms with Crippen LogP contribution in [0.4, 0.5) is 13.2 Å². The van der Waals surface area contributed by atoms with Gasteiger partial charge in [0.1, 0.15) is 22.1 Å². The fourth-order valence-corrected chi connectivity index (χ4v) is 3.82. The zero-order valence-electron chi connectivity index (χ0n) is 14.7. The fraction of sp³-hybridized carbons (Fsp3) is 0.750. The van der Waals surface area contributed by atoms with Crippen LogP contribution in [-0.4, -0.2) is 37.6 Å². The lowest BCUT2D eigenvalue weighted by Crippen LogP contribution is -2.71. The van der Waals surface area contributed by atoms with E-state index in [0.29, 0.717) is 4.48 Å². The summed E-state index contributed by atoms with van der Waals surface area (Å²) in [4.78, 5) is 0. The van der Waals surface area contributed by atoms with Gasteiger partial charge in [0.15, 0.2) is 0 Å². The highest BCUT2D eigenvalue weighted by atomic mass is 79.9. The molecule has 0 aromatic carbocycles. The van der Waals surface area contributed by atoms with Crippen LogP contribution in [-0.2, 0) is 11.4 Å². The van der Waals surface area contributed by atoms with Crippen molar-refractivity contribution in [2.24, 2.45) is 5.92 Å². The molecule has 0 heterocycles. The normalized spacial score (nSPS) is 26.8. The summed E-state index contributed by atoms with van der Waals surface area (Å²) < 4.78 is 59.3. The second-order valence-corrected chi connectivity index (χ2v) is 10.6. The van der Waals surface area contributed by atoms with Gasteiger partial charge in [-0.2, -0.15) is 0 Å². The van der Waals surface area contributed by atoms with Gasteiger partial charge in [0, 0.05) is 21.8 Å². The van der Waals surface area contributed by atoms with Gasteiger partial charge in [0.2, 0.25) is 0 Å². The molecule has 2 N–H and O–H groups in total. The molecule has 0 aliphatic heterocycles. The quantitative estimate of drug-likeness (QED) is 0.646. The van der Waals surface area contributed by atoms with Gasteiger partial charge in [-0.15, -0.1) is 4.72 Å². The lowest BCUT2D eigenvalue weighted by atomic mass is 9.72. The molecular weight excluding hydrogens is 407 g/mol. The van der Waals surface area contributed by atoms with E-state index in [2.05, 4.69) is 20.7 Å². The van der Waals surface area contributed by atoms with E-state index in [1.807, 2.05) is 0 Å². The zero-order chi connectivity index (χ0) is 19.1. The summed E-state index contributed by atoms with van der Waals surface area (Å²) in [6.07, 6.45) is 2.20. The predicted octanol–water partition coefficient (Wildman–Crippen LogP) is 4.01. The maximum Gasteiger partial charge on any atom is 0.298 e. The molecule has 4 atom stereocenters. The molecule has 1 aliphatic rings. The molecule has 140 valence electrons. The summed E-state index contributed by atoms with van der Waals surface area (Å²) in [6.45, 7) is 7.88. The summed E-state index contributed by atoms with van der Waals surface area (Å²) in [5, 5.41) is 10.0. The van der Waals surface area contributed by atoms with E-state index in [1.54, 1.807) is 20.8 Å². The molecule has 0 saturated heterocycles. The number of halogens is 4. The van der Waals surface area contributed by atoms with Gasteiger partial charge in [-0.05, 0) is 53.7 Å². The molecule has 3 nitrogen and oxygen atoms in total. The summed E-state index contributed by atoms with van der Waals surface area (Å²) in [7, 11) is 0. The first-order valence-electron chi connectivity index (χ1n) is 7.53. The number of rotatable bonds is 5. The van der Waals surface area contributed by atoms with Crippen molar-refractivity contribution in [1.29, 1.82) is 0 Å². The molecule has 0 radical (unpaired) electrons. The van der Waals surface area contributed by atoms with Crippen molar-refractivity contribution >= 4 is 27.3 Å². The van der Waals surface area contributed by atoms with Crippen LogP contribution in [0.5, 0.6) is 0 Å². The Morgan fingerprint density at radius 2 is 1.71 bits per heavy atom. The van der Waals surface area contributed by atoms with Crippen molar-refractivity contribution in [3.05, 3.63) is 22.7 Å². The molecule has 24 heavy (non-hydrogen) atoms. The maximum absolute atomic E-state index is 15.1. The minimum absolute atomic E-state index is 0.447. The Labute approximate surface area is 153 Å². The summed E-state index contributed by atoms with van der Waals surface area (Å²) in [5.41, 5.74) is -4.73. The van der Waals surface area contributed by atoms with Crippen molar-refractivity contribution < 1.29 is 22.8 Å². The van der Waals surface area contributed by atoms with E-state index in [0.717, 1.165) is 26.8 Å². The van der Waals surface area contributed by atoms with E-state index in [-0.39, 0.29) is 0 Å². The predicted molar refractivity (Wildman–Crippen MR) is 95.2 cm³/mol. The molecular formula is C16H25BrF3NO2S. The van der Waals surface area contributed by atoms with Crippen molar-refractivity contribution in [2.75, 3.05) is 0 Å². The molecule has 3 unspecified atom stereocenters. The van der Waals surface area contributed by atoms with Crippen molar-refractivity contribution in [3.8, 4) is 0 Å². The summed E-state index contributed by atoms with van der Waals surface area (Å²) in [5.74, 6) is -5.10. The largest absolute Gasteiger partial charge is 0.598 e. The number of allylic oxidation sites excluding steroid dienone is 3. The van der Waals surface area contributed by atoms with Gasteiger partial charge in [-0.25, -0.2) is 13.2 Å². The molecule has 0 bridgehead atoms. The van der Waals surface area contributed by atoms with Crippen LogP contribution >= 0.6 is 15.9 Å². The average Bonchev–Trinajstić information content (AvgIpc) is 2.38. The molecule has 0 aromatic rings. The van der Waals surface area contributed by atoms with Crippen LogP contribution in [0.1, 0.15) is 41.5 Å². The minimum atomic E-state index is -3.77. The van der Waals surface area contributed by atoms with Crippen LogP contribution in [0.25, 0.3) is 0 Å². The Bertz CT molecular complexity index is 528. The van der Waals surface area contributed by atoms with Gasteiger partial charge < -0.3 is 9.66 Å². The fourth-order valence-electron chi connectivity index (χ4n) is 2.43. The van der Waals surface area contributed by atoms with E-state index in [9.17, 15) is 14.0 Å². The lowest BCUT2D eigenvalue weighted by molar-refractivity contribution is -0.213. The molecule has 0 amide bonds. The summed E-state index contributed by atoms with van der Waals surface area (Å²) in [6, 6.07) is 0. The molecule has 0 fully saturated rings. The number of hydrogen-bond donors (Lipinski definition) is 2. The van der Waals surface area contributed by atoms with Crippen LogP contribution < -0.4 is 4.72 Å². The Hall–Kier alpha value is -0.0200. The van der Waals surface area contributed by atoms with E-state index < -0.39 is 45.3 Å². The maximum atomic E-state index is 15.1. The molecule has 1 rings (SSSR count). The first kappa shape index (κ1) is 22.0. The number of aliphatic hydroxyl groups is 1. The van der Waals surface area contributed by atoms with Gasteiger partial charge in [-0.1, -0.05) is 22.0 Å². The van der Waals surface area contributed by atoms with Gasteiger partial charge in [0.05, 0.1) is 0 Å². The Kier molecular flexibility index (Phi) is 6.37. The van der Waals surface area contributed by atoms with Crippen LogP contribution in [0.2, 0.25) is 0 Å². The van der Waals surface area contributed by atoms with Crippen molar-refractivity contribution in [1.82, 2.24) is 4.72 Å². The van der Waals surface area contributed by atoms with Crippen LogP contribution in [0, 0.1) is 5.92 Å². The first-order valence-corrected chi connectivity index (χ1v) is 9.48. The zero-order valence-corrected chi connectivity index (χ0v) is 17.1. The minimum Gasteiger partial charge on any atom is -0.598 e. The molecule has 0 spiro atoms. The SMILES string of the molecule is CC(C)(C)[S+]([O-])N[C@](C)(C1C=C(Br)C=CC1F)C(F)(F)C(C)(C)O. The Morgan fingerprint density at radius 3 is 2.12 bits per heavy atom. The molecule has 0 aromatic heterocycles. The van der Waals surface area contributed by atoms with E-state index in [4.69, 9.17) is 0 Å². The third kappa shape index (κ3) is 4.20. The van der Waals surface area contributed by atoms with Crippen molar-refractivity contribution in [3.63, 3.8) is 0 Å². The lowest BCUT2D eigenvalue weighted by Gasteiger charge is -2.48. The van der Waals surface area contributed by atoms with Gasteiger partial charge in [-0.3, -0.25) is 0 Å². The molecule has 8 heteroatoms. The second kappa shape index (κ2) is 6.95. The van der Waals surface area contributed by atoms with E-state index >= 15 is 8.78 Å². The third-order valence-corrected chi connectivity index (χ3v) is 6.32. The Balaban J connectivity index is 3.45. The van der Waals surface area contributed by atoms with Crippen LogP contribution in [0.3, 0.4) is 0 Å². The average molecular weight is 432 g/mol. The Morgan fingerprint density at radius 1 is 1.21 bits per heavy atom. The molecule has 0 saturated carbocycles. The van der Waals surface area contributed by atoms with Gasteiger partial charge >= 0.3 is 0 Å². The number of hydrogen-bond acceptors (Lipinski definition) is 3. The van der Waals surface area contributed by atoms with Gasteiger partial charge in [0.25, 0.3) is 5.92 Å². The van der Waals surface area contributed by atoms with E-state index in [1.165, 1.54) is 12.2 Å². The highest BCUT2D eigenvalue weighted by molar-refractivity contribution is 9.11. The first-order chi connectivity index (χ1) is 10.5. The van der Waals surface area contributed by atoms with Crippen LogP contribution in [0.15, 0.2) is 22.7 Å². The monoisotopic (exact) mass is 431 g/mol. The van der Waals surface area contributed by atoms with Crippen molar-refractivity contribution in [2.45, 2.75) is 69.5 Å². The number of alkyl halides is 3. The number of nitrogens with one attached hydrogen (secondary N) is 1. The highest BCUT2D eigenvalue weighted by Gasteiger charge is 2.66. The third-order valence-electron chi connectivity index (χ3n) is 4.07. The summed E-state index contributed by atoms with van der Waals surface area (Å²) >= 11 is 1.28. The molecule has 1 aliphatic carbocycles. The standard InChI is InChI=1S/C16H25BrF3NO2S/c1-13(2,3)24(23)21-15(6,16(19,20)14(4,5)22)11-9-10(17)7-8-12(11)18/h7-9,11-12,21-22H,1-6H3/t11?,12?,15-,24?/m1/s1. The highest BCUT2D eigenvalue weighted by Crippen LogP contribution is 2.47. The second-order valence-electron chi connectivity index (χ2n) is 7.70.